The van der Waals surface area contributed by atoms with Gasteiger partial charge >= 0.3 is 0 Å². The number of nitrogens with zero attached hydrogens (tertiary/aromatic N) is 1. The van der Waals surface area contributed by atoms with Gasteiger partial charge in [0.2, 0.25) is 0 Å². The van der Waals surface area contributed by atoms with Crippen LogP contribution in [0.1, 0.15) is 44.5 Å². The number of benzene rings is 1. The molecule has 0 amide bonds. The Balaban J connectivity index is 1.81. The van der Waals surface area contributed by atoms with E-state index < -0.39 is 0 Å². The zero-order valence-electron chi connectivity index (χ0n) is 15.2. The van der Waals surface area contributed by atoms with Crippen LogP contribution in [0.2, 0.25) is 5.02 Å². The van der Waals surface area contributed by atoms with Crippen molar-refractivity contribution < 1.29 is 0 Å². The minimum atomic E-state index is 0.377. The number of pyridine rings is 1. The van der Waals surface area contributed by atoms with Gasteiger partial charge in [0.25, 0.3) is 0 Å². The van der Waals surface area contributed by atoms with Crippen LogP contribution in [0.5, 0.6) is 0 Å². The Morgan fingerprint density at radius 1 is 1.00 bits per heavy atom. The summed E-state index contributed by atoms with van der Waals surface area (Å²) in [5, 5.41) is 0.801. The molecule has 130 valence electrons. The van der Waals surface area contributed by atoms with E-state index in [1.807, 2.05) is 30.1 Å². The lowest BCUT2D eigenvalue weighted by molar-refractivity contribution is 0.480. The fourth-order valence-electron chi connectivity index (χ4n) is 2.62. The largest absolute Gasteiger partial charge is 0.260 e. The minimum absolute atomic E-state index is 0.377. The van der Waals surface area contributed by atoms with Crippen LogP contribution in [0.15, 0.2) is 42.6 Å². The molecule has 0 spiro atoms. The van der Waals surface area contributed by atoms with E-state index in [0.29, 0.717) is 11.3 Å². The molecular weight excluding hydrogens is 334 g/mol. The first-order valence-electron chi connectivity index (χ1n) is 8.58. The normalized spacial score (nSPS) is 13.0. The smallest absolute Gasteiger partial charge is 0.0502 e. The maximum absolute atomic E-state index is 5.94. The molecule has 24 heavy (non-hydrogen) atoms. The van der Waals surface area contributed by atoms with Gasteiger partial charge in [-0.1, -0.05) is 57.5 Å². The number of hydrogen-bond acceptors (Lipinski definition) is 2. The van der Waals surface area contributed by atoms with Crippen molar-refractivity contribution in [2.75, 3.05) is 5.75 Å². The molecule has 2 aromatic rings. The molecule has 1 heterocycles. The molecule has 1 atom stereocenters. The summed E-state index contributed by atoms with van der Waals surface area (Å²) in [6.45, 7) is 9.12. The summed E-state index contributed by atoms with van der Waals surface area (Å²) in [7, 11) is 0. The van der Waals surface area contributed by atoms with Gasteiger partial charge < -0.3 is 0 Å². The molecule has 0 aliphatic heterocycles. The summed E-state index contributed by atoms with van der Waals surface area (Å²) < 4.78 is 0. The number of rotatable bonds is 7. The van der Waals surface area contributed by atoms with E-state index in [9.17, 15) is 0 Å². The lowest BCUT2D eigenvalue weighted by atomic mass is 9.95. The number of halogens is 1. The second-order valence-corrected chi connectivity index (χ2v) is 9.27. The molecule has 2 rings (SSSR count). The van der Waals surface area contributed by atoms with Crippen molar-refractivity contribution in [2.24, 2.45) is 11.3 Å². The van der Waals surface area contributed by atoms with Crippen molar-refractivity contribution in [1.29, 1.82) is 0 Å². The summed E-state index contributed by atoms with van der Waals surface area (Å²) in [5.41, 5.74) is 4.22. The first kappa shape index (κ1) is 19.3. The third kappa shape index (κ3) is 7.27. The Bertz CT molecular complexity index is 614. The molecule has 0 saturated carbocycles. The predicted octanol–water partition coefficient (Wildman–Crippen LogP) is 6.44. The first-order valence-corrected chi connectivity index (χ1v) is 10.1. The third-order valence-corrected chi connectivity index (χ3v) is 5.57. The van der Waals surface area contributed by atoms with Crippen molar-refractivity contribution in [3.05, 3.63) is 64.4 Å². The van der Waals surface area contributed by atoms with Crippen molar-refractivity contribution in [2.45, 2.75) is 46.3 Å². The van der Waals surface area contributed by atoms with Gasteiger partial charge in [0.05, 0.1) is 5.69 Å². The molecule has 3 heteroatoms. The molecule has 0 bridgehead atoms. The van der Waals surface area contributed by atoms with Crippen LogP contribution in [-0.2, 0) is 18.6 Å². The van der Waals surface area contributed by atoms with E-state index >= 15 is 0 Å². The van der Waals surface area contributed by atoms with Crippen LogP contribution < -0.4 is 0 Å². The van der Waals surface area contributed by atoms with Gasteiger partial charge in [0.1, 0.15) is 0 Å². The van der Waals surface area contributed by atoms with Crippen molar-refractivity contribution in [3.8, 4) is 0 Å². The molecular formula is C21H28ClNS. The molecule has 0 aliphatic rings. The molecule has 0 N–H and O–H groups in total. The van der Waals surface area contributed by atoms with Crippen LogP contribution in [0.3, 0.4) is 0 Å². The Morgan fingerprint density at radius 2 is 1.62 bits per heavy atom. The second-order valence-electron chi connectivity index (χ2n) is 7.85. The van der Waals surface area contributed by atoms with Crippen molar-refractivity contribution in [3.63, 3.8) is 0 Å². The molecule has 0 aliphatic carbocycles. The molecule has 1 aromatic heterocycles. The Kier molecular flexibility index (Phi) is 7.18. The fourth-order valence-corrected chi connectivity index (χ4v) is 3.84. The second kappa shape index (κ2) is 8.92. The standard InChI is InChI=1S/C21H28ClNS/c1-16(11-17-5-8-19(22)9-6-17)12-18-7-10-20(23-13-18)14-24-15-21(2,3)4/h5-10,13,16H,11-12,14-15H2,1-4H3. The Labute approximate surface area is 156 Å². The van der Waals surface area contributed by atoms with E-state index in [4.69, 9.17) is 11.6 Å². The highest BCUT2D eigenvalue weighted by molar-refractivity contribution is 7.98. The highest BCUT2D eigenvalue weighted by Crippen LogP contribution is 2.23. The van der Waals surface area contributed by atoms with Crippen LogP contribution in [0, 0.1) is 11.3 Å². The maximum Gasteiger partial charge on any atom is 0.0502 e. The number of thioether (sulfide) groups is 1. The van der Waals surface area contributed by atoms with Gasteiger partial charge in [0, 0.05) is 17.0 Å². The van der Waals surface area contributed by atoms with Gasteiger partial charge in [-0.15, -0.1) is 0 Å². The van der Waals surface area contributed by atoms with Crippen molar-refractivity contribution >= 4 is 23.4 Å². The van der Waals surface area contributed by atoms with E-state index in [2.05, 4.69) is 56.9 Å². The SMILES string of the molecule is CC(Cc1ccc(Cl)cc1)Cc1ccc(CSCC(C)(C)C)nc1. The average molecular weight is 362 g/mol. The van der Waals surface area contributed by atoms with Gasteiger partial charge in [-0.05, 0) is 59.3 Å². The summed E-state index contributed by atoms with van der Waals surface area (Å²) in [6, 6.07) is 12.6. The quantitative estimate of drug-likeness (QED) is 0.563. The van der Waals surface area contributed by atoms with Crippen molar-refractivity contribution in [1.82, 2.24) is 4.98 Å². The van der Waals surface area contributed by atoms with Crippen LogP contribution in [-0.4, -0.2) is 10.7 Å². The van der Waals surface area contributed by atoms with E-state index in [-0.39, 0.29) is 0 Å². The van der Waals surface area contributed by atoms with Crippen LogP contribution >= 0.6 is 23.4 Å². The third-order valence-electron chi connectivity index (χ3n) is 3.75. The highest BCUT2D eigenvalue weighted by Gasteiger charge is 2.10. The van der Waals surface area contributed by atoms with Gasteiger partial charge in [-0.3, -0.25) is 4.98 Å². The molecule has 1 aromatic carbocycles. The van der Waals surface area contributed by atoms with Gasteiger partial charge in [-0.25, -0.2) is 0 Å². The van der Waals surface area contributed by atoms with E-state index in [1.54, 1.807) is 0 Å². The predicted molar refractivity (Wildman–Crippen MR) is 108 cm³/mol. The summed E-state index contributed by atoms with van der Waals surface area (Å²) in [6.07, 6.45) is 4.18. The van der Waals surface area contributed by atoms with Gasteiger partial charge in [-0.2, -0.15) is 11.8 Å². The zero-order valence-corrected chi connectivity index (χ0v) is 16.8. The molecule has 0 radical (unpaired) electrons. The van der Waals surface area contributed by atoms with E-state index in [0.717, 1.165) is 29.4 Å². The van der Waals surface area contributed by atoms with Crippen LogP contribution in [0.4, 0.5) is 0 Å². The average Bonchev–Trinajstić information content (AvgIpc) is 2.50. The molecule has 0 saturated heterocycles. The fraction of sp³-hybridized carbons (Fsp3) is 0.476. The Morgan fingerprint density at radius 3 is 2.21 bits per heavy atom. The monoisotopic (exact) mass is 361 g/mol. The van der Waals surface area contributed by atoms with E-state index in [1.165, 1.54) is 16.8 Å². The number of aromatic nitrogens is 1. The first-order chi connectivity index (χ1) is 11.3. The molecule has 0 fully saturated rings. The summed E-state index contributed by atoms with van der Waals surface area (Å²) in [4.78, 5) is 4.63. The van der Waals surface area contributed by atoms with Crippen LogP contribution in [0.25, 0.3) is 0 Å². The highest BCUT2D eigenvalue weighted by atomic mass is 35.5. The zero-order chi connectivity index (χ0) is 17.6. The topological polar surface area (TPSA) is 12.9 Å². The molecule has 1 unspecified atom stereocenters. The molecule has 1 nitrogen and oxygen atoms in total. The minimum Gasteiger partial charge on any atom is -0.260 e. The number of hydrogen-bond donors (Lipinski definition) is 0. The lowest BCUT2D eigenvalue weighted by Crippen LogP contribution is -2.08. The summed E-state index contributed by atoms with van der Waals surface area (Å²) >= 11 is 7.91. The lowest BCUT2D eigenvalue weighted by Gasteiger charge is -2.17. The van der Waals surface area contributed by atoms with Gasteiger partial charge in [0.15, 0.2) is 0 Å². The summed E-state index contributed by atoms with van der Waals surface area (Å²) in [5.74, 6) is 2.75. The maximum atomic E-state index is 5.94. The Hall–Kier alpha value is -0.990.